The molecule has 154 valence electrons. The Morgan fingerprint density at radius 2 is 1.93 bits per heavy atom. The summed E-state index contributed by atoms with van der Waals surface area (Å²) in [5.41, 5.74) is 4.12. The predicted molar refractivity (Wildman–Crippen MR) is 120 cm³/mol. The van der Waals surface area contributed by atoms with E-state index in [4.69, 9.17) is 4.98 Å². The Balaban J connectivity index is 1.40. The maximum atomic E-state index is 12.5. The summed E-state index contributed by atoms with van der Waals surface area (Å²) < 4.78 is 0. The number of carbonyl (C=O) groups excluding carboxylic acids is 2. The van der Waals surface area contributed by atoms with Crippen molar-refractivity contribution in [3.05, 3.63) is 65.5 Å². The van der Waals surface area contributed by atoms with Crippen LogP contribution in [0.25, 0.3) is 21.8 Å². The second-order valence-corrected chi connectivity index (χ2v) is 8.72. The Labute approximate surface area is 180 Å². The number of carbonyl (C=O) groups is 2. The Morgan fingerprint density at radius 1 is 1.17 bits per heavy atom. The zero-order valence-corrected chi connectivity index (χ0v) is 18.0. The van der Waals surface area contributed by atoms with E-state index in [1.165, 1.54) is 0 Å². The molecule has 1 N–H and O–H groups in total. The van der Waals surface area contributed by atoms with Crippen molar-refractivity contribution in [2.75, 3.05) is 6.54 Å². The minimum absolute atomic E-state index is 0.0579. The van der Waals surface area contributed by atoms with Gasteiger partial charge in [0.1, 0.15) is 5.01 Å². The SMILES string of the molecule is CC(C)N1CC(C(=O)NCc2cccc(-c3nc(-c4ccccc4)cs3)c2)CC1=O. The van der Waals surface area contributed by atoms with Gasteiger partial charge in [-0.25, -0.2) is 4.98 Å². The van der Waals surface area contributed by atoms with Crippen LogP contribution in [0.1, 0.15) is 25.8 Å². The summed E-state index contributed by atoms with van der Waals surface area (Å²) in [6, 6.07) is 18.3. The topological polar surface area (TPSA) is 62.3 Å². The first kappa shape index (κ1) is 20.3. The molecule has 1 aliphatic rings. The van der Waals surface area contributed by atoms with Crippen molar-refractivity contribution in [3.63, 3.8) is 0 Å². The summed E-state index contributed by atoms with van der Waals surface area (Å²) in [5.74, 6) is -0.266. The summed E-state index contributed by atoms with van der Waals surface area (Å²) in [5, 5.41) is 6.02. The van der Waals surface area contributed by atoms with Crippen LogP contribution in [0.5, 0.6) is 0 Å². The molecule has 1 aromatic heterocycles. The van der Waals surface area contributed by atoms with Gasteiger partial charge in [0, 0.05) is 42.1 Å². The van der Waals surface area contributed by atoms with E-state index in [1.54, 1.807) is 16.2 Å². The second kappa shape index (κ2) is 8.79. The summed E-state index contributed by atoms with van der Waals surface area (Å²) in [6.07, 6.45) is 0.297. The number of amides is 2. The van der Waals surface area contributed by atoms with E-state index >= 15 is 0 Å². The van der Waals surface area contributed by atoms with Gasteiger partial charge in [-0.15, -0.1) is 11.3 Å². The minimum Gasteiger partial charge on any atom is -0.352 e. The maximum absolute atomic E-state index is 12.5. The fraction of sp³-hybridized carbons (Fsp3) is 0.292. The van der Waals surface area contributed by atoms with Crippen LogP contribution >= 0.6 is 11.3 Å². The van der Waals surface area contributed by atoms with Gasteiger partial charge in [-0.3, -0.25) is 9.59 Å². The number of benzene rings is 2. The molecule has 5 nitrogen and oxygen atoms in total. The molecule has 2 heterocycles. The molecule has 1 aliphatic heterocycles. The molecule has 0 aliphatic carbocycles. The van der Waals surface area contributed by atoms with Gasteiger partial charge in [0.15, 0.2) is 0 Å². The average Bonchev–Trinajstić information content (AvgIpc) is 3.40. The number of thiazole rings is 1. The monoisotopic (exact) mass is 419 g/mol. The summed E-state index contributed by atoms with van der Waals surface area (Å²) >= 11 is 1.61. The van der Waals surface area contributed by atoms with Crippen LogP contribution < -0.4 is 5.32 Å². The molecule has 0 saturated carbocycles. The third-order valence-corrected chi connectivity index (χ3v) is 6.26. The van der Waals surface area contributed by atoms with Crippen LogP contribution in [0.15, 0.2) is 60.0 Å². The highest BCUT2D eigenvalue weighted by molar-refractivity contribution is 7.13. The Hall–Kier alpha value is -2.99. The van der Waals surface area contributed by atoms with Gasteiger partial charge in [-0.2, -0.15) is 0 Å². The molecular formula is C24H25N3O2S. The van der Waals surface area contributed by atoms with Gasteiger partial charge in [0.2, 0.25) is 11.8 Å². The zero-order valence-electron chi connectivity index (χ0n) is 17.2. The lowest BCUT2D eigenvalue weighted by atomic mass is 10.1. The van der Waals surface area contributed by atoms with Crippen LogP contribution in [0.4, 0.5) is 0 Å². The van der Waals surface area contributed by atoms with Gasteiger partial charge >= 0.3 is 0 Å². The van der Waals surface area contributed by atoms with Crippen molar-refractivity contribution in [1.29, 1.82) is 0 Å². The highest BCUT2D eigenvalue weighted by Gasteiger charge is 2.35. The third-order valence-electron chi connectivity index (χ3n) is 5.37. The molecule has 4 rings (SSSR count). The molecule has 0 radical (unpaired) electrons. The highest BCUT2D eigenvalue weighted by atomic mass is 32.1. The number of rotatable bonds is 6. The van der Waals surface area contributed by atoms with Crippen LogP contribution in [0.3, 0.4) is 0 Å². The molecule has 3 aromatic rings. The van der Waals surface area contributed by atoms with Crippen molar-refractivity contribution in [3.8, 4) is 21.8 Å². The van der Waals surface area contributed by atoms with Gasteiger partial charge in [0.05, 0.1) is 11.6 Å². The van der Waals surface area contributed by atoms with Crippen LogP contribution in [0, 0.1) is 5.92 Å². The number of likely N-dealkylation sites (tertiary alicyclic amines) is 1. The lowest BCUT2D eigenvalue weighted by Crippen LogP contribution is -2.35. The number of hydrogen-bond donors (Lipinski definition) is 1. The molecule has 1 saturated heterocycles. The largest absolute Gasteiger partial charge is 0.352 e. The summed E-state index contributed by atoms with van der Waals surface area (Å²) in [4.78, 5) is 31.1. The number of aromatic nitrogens is 1. The lowest BCUT2D eigenvalue weighted by molar-refractivity contribution is -0.129. The van der Waals surface area contributed by atoms with E-state index in [1.807, 2.05) is 50.2 Å². The molecule has 0 spiro atoms. The quantitative estimate of drug-likeness (QED) is 0.646. The van der Waals surface area contributed by atoms with Crippen LogP contribution in [-0.2, 0) is 16.1 Å². The van der Waals surface area contributed by atoms with E-state index < -0.39 is 0 Å². The fourth-order valence-corrected chi connectivity index (χ4v) is 4.53. The predicted octanol–water partition coefficient (Wildman–Crippen LogP) is 4.35. The highest BCUT2D eigenvalue weighted by Crippen LogP contribution is 2.29. The first-order chi connectivity index (χ1) is 14.5. The molecule has 1 fully saturated rings. The first-order valence-corrected chi connectivity index (χ1v) is 11.1. The van der Waals surface area contributed by atoms with E-state index in [9.17, 15) is 9.59 Å². The molecular weight excluding hydrogens is 394 g/mol. The van der Waals surface area contributed by atoms with Gasteiger partial charge in [-0.05, 0) is 25.5 Å². The standard InChI is InChI=1S/C24H25N3O2S/c1-16(2)27-14-20(12-22(27)28)23(29)25-13-17-7-6-10-19(11-17)24-26-21(15-30-24)18-8-4-3-5-9-18/h3-11,15-16,20H,12-14H2,1-2H3,(H,25,29). The van der Waals surface area contributed by atoms with Crippen molar-refractivity contribution < 1.29 is 9.59 Å². The second-order valence-electron chi connectivity index (χ2n) is 7.86. The Bertz CT molecular complexity index is 1050. The molecule has 0 bridgehead atoms. The Kier molecular flexibility index (Phi) is 5.95. The molecule has 2 aromatic carbocycles. The molecule has 2 amide bonds. The lowest BCUT2D eigenvalue weighted by Gasteiger charge is -2.20. The van der Waals surface area contributed by atoms with Gasteiger partial charge in [0.25, 0.3) is 0 Å². The minimum atomic E-state index is -0.268. The third kappa shape index (κ3) is 4.44. The number of nitrogens with zero attached hydrogens (tertiary/aromatic N) is 2. The van der Waals surface area contributed by atoms with E-state index in [0.29, 0.717) is 19.5 Å². The summed E-state index contributed by atoms with van der Waals surface area (Å²) in [6.45, 7) is 4.90. The van der Waals surface area contributed by atoms with E-state index in [2.05, 4.69) is 28.9 Å². The molecule has 1 unspecified atom stereocenters. The summed E-state index contributed by atoms with van der Waals surface area (Å²) in [7, 11) is 0. The fourth-order valence-electron chi connectivity index (χ4n) is 3.70. The average molecular weight is 420 g/mol. The van der Waals surface area contributed by atoms with Crippen molar-refractivity contribution in [2.45, 2.75) is 32.9 Å². The molecule has 1 atom stereocenters. The van der Waals surface area contributed by atoms with E-state index in [-0.39, 0.29) is 23.8 Å². The zero-order chi connectivity index (χ0) is 21.1. The first-order valence-electron chi connectivity index (χ1n) is 10.2. The van der Waals surface area contributed by atoms with Gasteiger partial charge < -0.3 is 10.2 Å². The Morgan fingerprint density at radius 3 is 2.67 bits per heavy atom. The van der Waals surface area contributed by atoms with Crippen LogP contribution in [0.2, 0.25) is 0 Å². The van der Waals surface area contributed by atoms with Crippen LogP contribution in [-0.4, -0.2) is 34.3 Å². The van der Waals surface area contributed by atoms with E-state index in [0.717, 1.165) is 27.4 Å². The smallest absolute Gasteiger partial charge is 0.225 e. The normalized spacial score (nSPS) is 16.3. The number of hydrogen-bond acceptors (Lipinski definition) is 4. The maximum Gasteiger partial charge on any atom is 0.225 e. The van der Waals surface area contributed by atoms with Crippen molar-refractivity contribution >= 4 is 23.2 Å². The van der Waals surface area contributed by atoms with Crippen molar-refractivity contribution in [2.24, 2.45) is 5.92 Å². The van der Waals surface area contributed by atoms with Crippen molar-refractivity contribution in [1.82, 2.24) is 15.2 Å². The van der Waals surface area contributed by atoms with Gasteiger partial charge in [-0.1, -0.05) is 48.5 Å². The molecule has 6 heteroatoms. The molecule has 30 heavy (non-hydrogen) atoms. The number of nitrogens with one attached hydrogen (secondary N) is 1.